The van der Waals surface area contributed by atoms with Crippen molar-refractivity contribution in [1.82, 2.24) is 0 Å². The van der Waals surface area contributed by atoms with E-state index >= 15 is 0 Å². The molecule has 1 saturated heterocycles. The van der Waals surface area contributed by atoms with Crippen LogP contribution in [0.25, 0.3) is 0 Å². The van der Waals surface area contributed by atoms with Gasteiger partial charge in [0.05, 0.1) is 19.8 Å². The molecule has 0 unspecified atom stereocenters. The molecule has 0 amide bonds. The van der Waals surface area contributed by atoms with E-state index in [9.17, 15) is 8.78 Å². The SMILES string of the molecule is C=C[C@H]1CO[C@H](C2CCC(CCc3cc(F)c(COC)c(F)c3)CC2)OC1. The minimum absolute atomic E-state index is 0.00735. The quantitative estimate of drug-likeness (QED) is 0.621. The van der Waals surface area contributed by atoms with Crippen LogP contribution in [0, 0.1) is 29.4 Å². The lowest BCUT2D eigenvalue weighted by Crippen LogP contribution is -2.38. The van der Waals surface area contributed by atoms with Gasteiger partial charge in [-0.1, -0.05) is 6.08 Å². The molecule has 1 saturated carbocycles. The number of halogens is 2. The minimum Gasteiger partial charge on any atom is -0.380 e. The zero-order valence-corrected chi connectivity index (χ0v) is 16.1. The number of rotatable bonds is 7. The second-order valence-corrected chi connectivity index (χ2v) is 7.82. The van der Waals surface area contributed by atoms with Crippen LogP contribution < -0.4 is 0 Å². The number of aryl methyl sites for hydroxylation is 1. The van der Waals surface area contributed by atoms with Crippen LogP contribution in [0.15, 0.2) is 24.8 Å². The third-order valence-corrected chi connectivity index (χ3v) is 5.89. The summed E-state index contributed by atoms with van der Waals surface area (Å²) in [5.74, 6) is 0.319. The molecular weight excluding hydrogens is 350 g/mol. The number of benzene rings is 1. The Bertz CT molecular complexity index is 595. The average Bonchev–Trinajstić information content (AvgIpc) is 2.70. The van der Waals surface area contributed by atoms with E-state index in [0.717, 1.165) is 37.7 Å². The largest absolute Gasteiger partial charge is 0.380 e. The van der Waals surface area contributed by atoms with Gasteiger partial charge in [0.1, 0.15) is 11.6 Å². The Morgan fingerprint density at radius 2 is 1.74 bits per heavy atom. The van der Waals surface area contributed by atoms with Crippen molar-refractivity contribution in [3.05, 3.63) is 47.5 Å². The van der Waals surface area contributed by atoms with Crippen molar-refractivity contribution in [2.45, 2.75) is 51.4 Å². The van der Waals surface area contributed by atoms with Crippen molar-refractivity contribution in [3.8, 4) is 0 Å². The Hall–Kier alpha value is -1.30. The molecule has 1 heterocycles. The molecule has 3 nitrogen and oxygen atoms in total. The van der Waals surface area contributed by atoms with E-state index in [0.29, 0.717) is 37.4 Å². The number of hydrogen-bond donors (Lipinski definition) is 0. The predicted molar refractivity (Wildman–Crippen MR) is 100 cm³/mol. The molecule has 1 aromatic rings. The van der Waals surface area contributed by atoms with E-state index in [2.05, 4.69) is 6.58 Å². The molecule has 0 N–H and O–H groups in total. The first-order valence-electron chi connectivity index (χ1n) is 9.92. The molecule has 0 radical (unpaired) electrons. The maximum absolute atomic E-state index is 14.0. The van der Waals surface area contributed by atoms with E-state index < -0.39 is 11.6 Å². The van der Waals surface area contributed by atoms with Crippen LogP contribution in [-0.4, -0.2) is 26.6 Å². The molecule has 3 rings (SSSR count). The van der Waals surface area contributed by atoms with Gasteiger partial charge < -0.3 is 14.2 Å². The second kappa shape index (κ2) is 9.76. The van der Waals surface area contributed by atoms with Crippen molar-refractivity contribution < 1.29 is 23.0 Å². The first-order valence-corrected chi connectivity index (χ1v) is 9.92. The fourth-order valence-electron chi connectivity index (χ4n) is 4.14. The fourth-order valence-corrected chi connectivity index (χ4v) is 4.14. The Morgan fingerprint density at radius 3 is 2.30 bits per heavy atom. The van der Waals surface area contributed by atoms with Crippen LogP contribution in [0.4, 0.5) is 8.78 Å². The third-order valence-electron chi connectivity index (χ3n) is 5.89. The van der Waals surface area contributed by atoms with Gasteiger partial charge in [0.2, 0.25) is 0 Å². The summed E-state index contributed by atoms with van der Waals surface area (Å²) in [7, 11) is 1.43. The molecule has 1 aliphatic carbocycles. The molecule has 0 atom stereocenters. The van der Waals surface area contributed by atoms with E-state index in [-0.39, 0.29) is 18.5 Å². The van der Waals surface area contributed by atoms with Gasteiger partial charge in [0, 0.05) is 24.5 Å². The van der Waals surface area contributed by atoms with Gasteiger partial charge in [-0.15, -0.1) is 6.58 Å². The molecule has 5 heteroatoms. The lowest BCUT2D eigenvalue weighted by atomic mass is 9.79. The predicted octanol–water partition coefficient (Wildman–Crippen LogP) is 5.03. The summed E-state index contributed by atoms with van der Waals surface area (Å²) < 4.78 is 44.6. The topological polar surface area (TPSA) is 27.7 Å². The molecule has 27 heavy (non-hydrogen) atoms. The van der Waals surface area contributed by atoms with Crippen LogP contribution in [0.1, 0.15) is 43.2 Å². The number of ether oxygens (including phenoxy) is 3. The van der Waals surface area contributed by atoms with Crippen molar-refractivity contribution >= 4 is 0 Å². The van der Waals surface area contributed by atoms with Crippen LogP contribution in [0.5, 0.6) is 0 Å². The first-order chi connectivity index (χ1) is 13.1. The van der Waals surface area contributed by atoms with Gasteiger partial charge in [0.25, 0.3) is 0 Å². The van der Waals surface area contributed by atoms with Crippen LogP contribution in [0.3, 0.4) is 0 Å². The maximum atomic E-state index is 14.0. The van der Waals surface area contributed by atoms with E-state index in [1.54, 1.807) is 0 Å². The minimum atomic E-state index is -0.514. The standard InChI is InChI=1S/C22H30F2O3/c1-3-15-12-26-22(27-13-15)18-8-6-16(7-9-18)4-5-17-10-20(23)19(14-25-2)21(24)11-17/h3,10-11,15-16,18,22H,1,4-9,12-14H2,2H3/t15-,16?,18?,22-. The lowest BCUT2D eigenvalue weighted by molar-refractivity contribution is -0.222. The molecule has 2 fully saturated rings. The summed E-state index contributed by atoms with van der Waals surface area (Å²) in [5.41, 5.74) is 0.731. The van der Waals surface area contributed by atoms with Crippen LogP contribution in [0.2, 0.25) is 0 Å². The van der Waals surface area contributed by atoms with Gasteiger partial charge in [-0.05, 0) is 62.1 Å². The molecule has 0 bridgehead atoms. The maximum Gasteiger partial charge on any atom is 0.160 e. The molecule has 0 spiro atoms. The molecular formula is C22H30F2O3. The van der Waals surface area contributed by atoms with E-state index in [4.69, 9.17) is 14.2 Å². The Balaban J connectivity index is 1.44. The Kier molecular flexibility index (Phi) is 7.39. The highest BCUT2D eigenvalue weighted by Crippen LogP contribution is 2.36. The second-order valence-electron chi connectivity index (χ2n) is 7.82. The zero-order valence-electron chi connectivity index (χ0n) is 16.1. The number of hydrogen-bond acceptors (Lipinski definition) is 3. The summed E-state index contributed by atoms with van der Waals surface area (Å²) in [6.07, 6.45) is 7.87. The van der Waals surface area contributed by atoms with Gasteiger partial charge >= 0.3 is 0 Å². The van der Waals surface area contributed by atoms with Crippen molar-refractivity contribution in [1.29, 1.82) is 0 Å². The molecule has 150 valence electrons. The van der Waals surface area contributed by atoms with Gasteiger partial charge in [0.15, 0.2) is 6.29 Å². The van der Waals surface area contributed by atoms with Crippen molar-refractivity contribution in [2.75, 3.05) is 20.3 Å². The highest BCUT2D eigenvalue weighted by Gasteiger charge is 2.31. The average molecular weight is 380 g/mol. The summed E-state index contributed by atoms with van der Waals surface area (Å²) >= 11 is 0. The van der Waals surface area contributed by atoms with Crippen molar-refractivity contribution in [2.24, 2.45) is 17.8 Å². The summed E-state index contributed by atoms with van der Waals surface area (Å²) in [6.45, 7) is 5.15. The summed E-state index contributed by atoms with van der Waals surface area (Å²) in [5, 5.41) is 0. The highest BCUT2D eigenvalue weighted by molar-refractivity contribution is 5.26. The summed E-state index contributed by atoms with van der Waals surface area (Å²) in [4.78, 5) is 0. The number of methoxy groups -OCH3 is 1. The molecule has 1 aromatic carbocycles. The van der Waals surface area contributed by atoms with Crippen LogP contribution >= 0.6 is 0 Å². The monoisotopic (exact) mass is 380 g/mol. The highest BCUT2D eigenvalue weighted by atomic mass is 19.1. The smallest absolute Gasteiger partial charge is 0.160 e. The first kappa shape index (κ1) is 20.4. The normalized spacial score (nSPS) is 28.9. The fraction of sp³-hybridized carbons (Fsp3) is 0.636. The van der Waals surface area contributed by atoms with E-state index in [1.165, 1.54) is 19.2 Å². The Morgan fingerprint density at radius 1 is 1.11 bits per heavy atom. The zero-order chi connectivity index (χ0) is 19.2. The van der Waals surface area contributed by atoms with Gasteiger partial charge in [-0.2, -0.15) is 0 Å². The van der Waals surface area contributed by atoms with E-state index in [1.807, 2.05) is 6.08 Å². The van der Waals surface area contributed by atoms with Crippen LogP contribution in [-0.2, 0) is 27.2 Å². The Labute approximate surface area is 160 Å². The van der Waals surface area contributed by atoms with Gasteiger partial charge in [-0.3, -0.25) is 0 Å². The molecule has 0 aromatic heterocycles. The van der Waals surface area contributed by atoms with Crippen molar-refractivity contribution in [3.63, 3.8) is 0 Å². The van der Waals surface area contributed by atoms with Gasteiger partial charge in [-0.25, -0.2) is 8.78 Å². The lowest BCUT2D eigenvalue weighted by Gasteiger charge is -2.37. The summed E-state index contributed by atoms with van der Waals surface area (Å²) in [6, 6.07) is 2.89. The third kappa shape index (κ3) is 5.37. The molecule has 2 aliphatic rings. The molecule has 1 aliphatic heterocycles.